The van der Waals surface area contributed by atoms with Crippen LogP contribution < -0.4 is 5.32 Å². The molecule has 0 spiro atoms. The monoisotopic (exact) mass is 143 g/mol. The molecule has 0 heterocycles. The van der Waals surface area contributed by atoms with Crippen molar-refractivity contribution in [3.05, 3.63) is 0 Å². The van der Waals surface area contributed by atoms with Gasteiger partial charge in [0.05, 0.1) is 6.61 Å². The van der Waals surface area contributed by atoms with Crippen LogP contribution in [0.3, 0.4) is 0 Å². The van der Waals surface area contributed by atoms with Gasteiger partial charge in [-0.2, -0.15) is 0 Å². The van der Waals surface area contributed by atoms with Crippen LogP contribution in [0.2, 0.25) is 0 Å². The zero-order valence-electron chi connectivity index (χ0n) is 6.85. The molecule has 0 amide bonds. The molecule has 1 aliphatic carbocycles. The molecule has 60 valence electrons. The van der Waals surface area contributed by atoms with Gasteiger partial charge in [-0.1, -0.05) is 13.3 Å². The molecular weight excluding hydrogens is 126 g/mol. The lowest BCUT2D eigenvalue weighted by molar-refractivity contribution is 0.139. The third kappa shape index (κ3) is 1.06. The van der Waals surface area contributed by atoms with E-state index >= 15 is 0 Å². The van der Waals surface area contributed by atoms with Gasteiger partial charge in [0, 0.05) is 5.54 Å². The van der Waals surface area contributed by atoms with Crippen LogP contribution >= 0.6 is 0 Å². The Kier molecular flexibility index (Phi) is 2.32. The molecule has 0 saturated heterocycles. The van der Waals surface area contributed by atoms with Crippen LogP contribution in [0.25, 0.3) is 0 Å². The number of hydrogen-bond acceptors (Lipinski definition) is 2. The summed E-state index contributed by atoms with van der Waals surface area (Å²) in [5.41, 5.74) is 0.0417. The van der Waals surface area contributed by atoms with Crippen molar-refractivity contribution in [2.75, 3.05) is 13.7 Å². The first-order valence-corrected chi connectivity index (χ1v) is 4.05. The molecule has 1 fully saturated rings. The van der Waals surface area contributed by atoms with Crippen LogP contribution in [0.1, 0.15) is 26.2 Å². The lowest BCUT2D eigenvalue weighted by Crippen LogP contribution is -2.48. The SMILES string of the molecule is CNC1(CO)CCCC1C. The lowest BCUT2D eigenvalue weighted by Gasteiger charge is -2.31. The zero-order valence-corrected chi connectivity index (χ0v) is 6.85. The summed E-state index contributed by atoms with van der Waals surface area (Å²) in [6.07, 6.45) is 3.63. The summed E-state index contributed by atoms with van der Waals surface area (Å²) in [7, 11) is 1.94. The second-order valence-electron chi connectivity index (χ2n) is 3.36. The Morgan fingerprint density at radius 3 is 2.60 bits per heavy atom. The summed E-state index contributed by atoms with van der Waals surface area (Å²) < 4.78 is 0. The topological polar surface area (TPSA) is 32.3 Å². The van der Waals surface area contributed by atoms with Gasteiger partial charge < -0.3 is 10.4 Å². The normalized spacial score (nSPS) is 40.5. The Balaban J connectivity index is 2.61. The molecule has 2 N–H and O–H groups in total. The molecule has 0 aromatic carbocycles. The van der Waals surface area contributed by atoms with Gasteiger partial charge in [-0.25, -0.2) is 0 Å². The molecule has 2 heteroatoms. The second-order valence-corrected chi connectivity index (χ2v) is 3.36. The maximum Gasteiger partial charge on any atom is 0.0615 e. The fraction of sp³-hybridized carbons (Fsp3) is 1.00. The van der Waals surface area contributed by atoms with Gasteiger partial charge in [0.15, 0.2) is 0 Å². The molecule has 10 heavy (non-hydrogen) atoms. The molecule has 2 nitrogen and oxygen atoms in total. The van der Waals surface area contributed by atoms with Gasteiger partial charge >= 0.3 is 0 Å². The highest BCUT2D eigenvalue weighted by atomic mass is 16.3. The van der Waals surface area contributed by atoms with Crippen molar-refractivity contribution in [3.63, 3.8) is 0 Å². The highest BCUT2D eigenvalue weighted by Crippen LogP contribution is 2.34. The summed E-state index contributed by atoms with van der Waals surface area (Å²) in [5.74, 6) is 0.627. The molecular formula is C8H17NO. The van der Waals surface area contributed by atoms with E-state index in [-0.39, 0.29) is 12.1 Å². The van der Waals surface area contributed by atoms with Crippen molar-refractivity contribution in [3.8, 4) is 0 Å². The minimum absolute atomic E-state index is 0.0417. The first-order valence-electron chi connectivity index (χ1n) is 4.05. The molecule has 1 rings (SSSR count). The number of rotatable bonds is 2. The number of aliphatic hydroxyl groups is 1. The van der Waals surface area contributed by atoms with Gasteiger partial charge in [0.25, 0.3) is 0 Å². The van der Waals surface area contributed by atoms with Crippen LogP contribution in [0.5, 0.6) is 0 Å². The minimum atomic E-state index is 0.0417. The van der Waals surface area contributed by atoms with Crippen molar-refractivity contribution < 1.29 is 5.11 Å². The number of likely N-dealkylation sites (N-methyl/N-ethyl adjacent to an activating group) is 1. The first kappa shape index (κ1) is 8.02. The van der Waals surface area contributed by atoms with Crippen molar-refractivity contribution >= 4 is 0 Å². The average molecular weight is 143 g/mol. The van der Waals surface area contributed by atoms with Gasteiger partial charge in [-0.05, 0) is 25.8 Å². The molecule has 0 aliphatic heterocycles. The molecule has 0 bridgehead atoms. The van der Waals surface area contributed by atoms with Crippen LogP contribution in [-0.2, 0) is 0 Å². The van der Waals surface area contributed by atoms with Gasteiger partial charge in [-0.15, -0.1) is 0 Å². The van der Waals surface area contributed by atoms with Gasteiger partial charge in [0.2, 0.25) is 0 Å². The molecule has 1 aliphatic rings. The Morgan fingerprint density at radius 2 is 2.40 bits per heavy atom. The van der Waals surface area contributed by atoms with Crippen molar-refractivity contribution in [2.24, 2.45) is 5.92 Å². The quantitative estimate of drug-likeness (QED) is 0.598. The minimum Gasteiger partial charge on any atom is -0.394 e. The number of hydrogen-bond donors (Lipinski definition) is 2. The predicted octanol–water partition coefficient (Wildman–Crippen LogP) is 0.757. The third-order valence-corrected chi connectivity index (χ3v) is 2.98. The standard InChI is InChI=1S/C8H17NO/c1-7-4-3-5-8(7,6-10)9-2/h7,9-10H,3-6H2,1-2H3. The van der Waals surface area contributed by atoms with E-state index in [1.165, 1.54) is 12.8 Å². The summed E-state index contributed by atoms with van der Waals surface area (Å²) in [4.78, 5) is 0. The van der Waals surface area contributed by atoms with Gasteiger partial charge in [0.1, 0.15) is 0 Å². The Morgan fingerprint density at radius 1 is 1.70 bits per heavy atom. The van der Waals surface area contributed by atoms with Crippen molar-refractivity contribution in [2.45, 2.75) is 31.7 Å². The fourth-order valence-corrected chi connectivity index (χ4v) is 1.93. The van der Waals surface area contributed by atoms with E-state index in [2.05, 4.69) is 12.2 Å². The van der Waals surface area contributed by atoms with E-state index in [9.17, 15) is 0 Å². The van der Waals surface area contributed by atoms with Crippen LogP contribution in [0.4, 0.5) is 0 Å². The zero-order chi connectivity index (χ0) is 7.61. The smallest absolute Gasteiger partial charge is 0.0615 e. The molecule has 0 aromatic rings. The van der Waals surface area contributed by atoms with Gasteiger partial charge in [-0.3, -0.25) is 0 Å². The number of nitrogens with one attached hydrogen (secondary N) is 1. The molecule has 2 atom stereocenters. The largest absolute Gasteiger partial charge is 0.394 e. The summed E-state index contributed by atoms with van der Waals surface area (Å²) in [5, 5.41) is 12.4. The summed E-state index contributed by atoms with van der Waals surface area (Å²) >= 11 is 0. The van der Waals surface area contributed by atoms with E-state index in [0.29, 0.717) is 5.92 Å². The Bertz CT molecular complexity index is 110. The first-order chi connectivity index (χ1) is 4.75. The number of aliphatic hydroxyl groups excluding tert-OH is 1. The molecule has 0 aromatic heterocycles. The maximum absolute atomic E-state index is 9.12. The molecule has 0 radical (unpaired) electrons. The second kappa shape index (κ2) is 2.89. The highest BCUT2D eigenvalue weighted by molar-refractivity contribution is 4.95. The Labute approximate surface area is 62.6 Å². The van der Waals surface area contributed by atoms with E-state index in [0.717, 1.165) is 6.42 Å². The van der Waals surface area contributed by atoms with Crippen LogP contribution in [-0.4, -0.2) is 24.3 Å². The highest BCUT2D eigenvalue weighted by Gasteiger charge is 2.37. The molecule has 2 unspecified atom stereocenters. The summed E-state index contributed by atoms with van der Waals surface area (Å²) in [6.45, 7) is 2.49. The average Bonchev–Trinajstić information content (AvgIpc) is 2.32. The van der Waals surface area contributed by atoms with Crippen molar-refractivity contribution in [1.82, 2.24) is 5.32 Å². The summed E-state index contributed by atoms with van der Waals surface area (Å²) in [6, 6.07) is 0. The molecule has 1 saturated carbocycles. The predicted molar refractivity (Wildman–Crippen MR) is 41.9 cm³/mol. The van der Waals surface area contributed by atoms with E-state index in [4.69, 9.17) is 5.11 Å². The third-order valence-electron chi connectivity index (χ3n) is 2.98. The van der Waals surface area contributed by atoms with E-state index in [1.54, 1.807) is 0 Å². The van der Waals surface area contributed by atoms with E-state index < -0.39 is 0 Å². The van der Waals surface area contributed by atoms with Crippen LogP contribution in [0, 0.1) is 5.92 Å². The lowest BCUT2D eigenvalue weighted by atomic mass is 9.90. The fourth-order valence-electron chi connectivity index (χ4n) is 1.93. The van der Waals surface area contributed by atoms with E-state index in [1.807, 2.05) is 7.05 Å². The van der Waals surface area contributed by atoms with Crippen molar-refractivity contribution in [1.29, 1.82) is 0 Å². The van der Waals surface area contributed by atoms with Crippen LogP contribution in [0.15, 0.2) is 0 Å². The maximum atomic E-state index is 9.12. The Hall–Kier alpha value is -0.0800.